The van der Waals surface area contributed by atoms with E-state index in [4.69, 9.17) is 0 Å². The highest BCUT2D eigenvalue weighted by atomic mass is 19.1. The summed E-state index contributed by atoms with van der Waals surface area (Å²) in [6.07, 6.45) is 1.91. The van der Waals surface area contributed by atoms with Gasteiger partial charge in [0.15, 0.2) is 0 Å². The molecule has 102 valence electrons. The highest BCUT2D eigenvalue weighted by Crippen LogP contribution is 2.12. The quantitative estimate of drug-likeness (QED) is 0.775. The number of nitrogens with zero attached hydrogens (tertiary/aromatic N) is 2. The van der Waals surface area contributed by atoms with Gasteiger partial charge in [-0.1, -0.05) is 12.1 Å². The van der Waals surface area contributed by atoms with Crippen LogP contribution in [-0.2, 0) is 13.5 Å². The van der Waals surface area contributed by atoms with E-state index in [1.165, 1.54) is 12.1 Å². The average Bonchev–Trinajstić information content (AvgIpc) is 2.80. The highest BCUT2D eigenvalue weighted by molar-refractivity contribution is 5.18. The molecule has 2 N–H and O–H groups in total. The molecule has 0 bridgehead atoms. The number of benzene rings is 1. The van der Waals surface area contributed by atoms with Crippen molar-refractivity contribution in [1.82, 2.24) is 15.1 Å². The molecule has 0 amide bonds. The number of hydrogen-bond acceptors (Lipinski definition) is 3. The van der Waals surface area contributed by atoms with Crippen LogP contribution in [0.1, 0.15) is 17.4 Å². The molecule has 2 aromatic rings. The van der Waals surface area contributed by atoms with Crippen LogP contribution >= 0.6 is 0 Å². The zero-order valence-electron chi connectivity index (χ0n) is 10.9. The minimum absolute atomic E-state index is 0.327. The Balaban J connectivity index is 1.75. The normalized spacial score (nSPS) is 12.6. The number of aromatic nitrogens is 2. The lowest BCUT2D eigenvalue weighted by Gasteiger charge is -2.12. The van der Waals surface area contributed by atoms with E-state index in [1.54, 1.807) is 18.3 Å². The van der Waals surface area contributed by atoms with Crippen molar-refractivity contribution in [2.45, 2.75) is 12.5 Å². The maximum atomic E-state index is 13.0. The smallest absolute Gasteiger partial charge is 0.123 e. The predicted octanol–water partition coefficient (Wildman–Crippen LogP) is 1.42. The summed E-state index contributed by atoms with van der Waals surface area (Å²) in [5.74, 6) is -0.327. The summed E-state index contributed by atoms with van der Waals surface area (Å²) < 4.78 is 14.8. The van der Waals surface area contributed by atoms with E-state index in [9.17, 15) is 9.50 Å². The van der Waals surface area contributed by atoms with Crippen LogP contribution in [0.5, 0.6) is 0 Å². The average molecular weight is 263 g/mol. The Kier molecular flexibility index (Phi) is 4.65. The minimum Gasteiger partial charge on any atom is -0.387 e. The van der Waals surface area contributed by atoms with E-state index in [1.807, 2.05) is 17.8 Å². The third kappa shape index (κ3) is 3.87. The van der Waals surface area contributed by atoms with Gasteiger partial charge in [-0.3, -0.25) is 4.68 Å². The Bertz CT molecular complexity index is 527. The van der Waals surface area contributed by atoms with E-state index >= 15 is 0 Å². The van der Waals surface area contributed by atoms with Crippen molar-refractivity contribution in [3.05, 3.63) is 53.6 Å². The number of aliphatic hydroxyl groups excluding tert-OH is 1. The monoisotopic (exact) mass is 263 g/mol. The summed E-state index contributed by atoms with van der Waals surface area (Å²) in [7, 11) is 1.90. The van der Waals surface area contributed by atoms with Crippen molar-refractivity contribution in [2.24, 2.45) is 7.05 Å². The largest absolute Gasteiger partial charge is 0.387 e. The summed E-state index contributed by atoms with van der Waals surface area (Å²) in [4.78, 5) is 0. The third-order valence-electron chi connectivity index (χ3n) is 3.05. The molecule has 0 spiro atoms. The van der Waals surface area contributed by atoms with Crippen LogP contribution in [0.25, 0.3) is 0 Å². The van der Waals surface area contributed by atoms with Crippen molar-refractivity contribution in [3.63, 3.8) is 0 Å². The first kappa shape index (κ1) is 13.7. The van der Waals surface area contributed by atoms with E-state index in [0.717, 1.165) is 18.7 Å². The molecule has 2 rings (SSSR count). The van der Waals surface area contributed by atoms with Gasteiger partial charge in [0.05, 0.1) is 6.10 Å². The first-order chi connectivity index (χ1) is 9.16. The molecule has 0 saturated heterocycles. The zero-order chi connectivity index (χ0) is 13.7. The number of aryl methyl sites for hydroxylation is 1. The van der Waals surface area contributed by atoms with Crippen LogP contribution in [0.4, 0.5) is 4.39 Å². The van der Waals surface area contributed by atoms with Gasteiger partial charge < -0.3 is 10.4 Å². The van der Waals surface area contributed by atoms with Crippen molar-refractivity contribution in [1.29, 1.82) is 0 Å². The SMILES string of the molecule is Cn1nccc1CCNCC(O)c1cccc(F)c1. The van der Waals surface area contributed by atoms with Crippen LogP contribution in [-0.4, -0.2) is 28.0 Å². The van der Waals surface area contributed by atoms with Gasteiger partial charge in [-0.15, -0.1) is 0 Å². The number of aliphatic hydroxyl groups is 1. The second kappa shape index (κ2) is 6.45. The summed E-state index contributed by atoms with van der Waals surface area (Å²) in [6.45, 7) is 1.15. The van der Waals surface area contributed by atoms with Crippen molar-refractivity contribution in [3.8, 4) is 0 Å². The molecule has 0 aliphatic heterocycles. The number of hydrogen-bond donors (Lipinski definition) is 2. The van der Waals surface area contributed by atoms with Gasteiger partial charge in [-0.2, -0.15) is 5.10 Å². The molecule has 19 heavy (non-hydrogen) atoms. The first-order valence-corrected chi connectivity index (χ1v) is 6.28. The van der Waals surface area contributed by atoms with Crippen molar-refractivity contribution < 1.29 is 9.50 Å². The molecular weight excluding hydrogens is 245 g/mol. The van der Waals surface area contributed by atoms with Gasteiger partial charge in [0.25, 0.3) is 0 Å². The zero-order valence-corrected chi connectivity index (χ0v) is 10.9. The molecule has 4 nitrogen and oxygen atoms in total. The molecule has 0 aliphatic carbocycles. The van der Waals surface area contributed by atoms with Gasteiger partial charge in [0.1, 0.15) is 5.82 Å². The fourth-order valence-electron chi connectivity index (χ4n) is 1.93. The van der Waals surface area contributed by atoms with Crippen LogP contribution in [0.2, 0.25) is 0 Å². The Labute approximate surface area is 111 Å². The van der Waals surface area contributed by atoms with E-state index in [0.29, 0.717) is 12.1 Å². The number of halogens is 1. The minimum atomic E-state index is -0.692. The number of nitrogens with one attached hydrogen (secondary N) is 1. The molecule has 1 aromatic carbocycles. The van der Waals surface area contributed by atoms with Gasteiger partial charge in [0.2, 0.25) is 0 Å². The molecule has 0 saturated carbocycles. The maximum Gasteiger partial charge on any atom is 0.123 e. The van der Waals surface area contributed by atoms with Crippen LogP contribution in [0.3, 0.4) is 0 Å². The van der Waals surface area contributed by atoms with Gasteiger partial charge in [-0.25, -0.2) is 4.39 Å². The summed E-state index contributed by atoms with van der Waals surface area (Å²) >= 11 is 0. The summed E-state index contributed by atoms with van der Waals surface area (Å²) in [5.41, 5.74) is 1.72. The lowest BCUT2D eigenvalue weighted by molar-refractivity contribution is 0.174. The van der Waals surface area contributed by atoms with Gasteiger partial charge >= 0.3 is 0 Å². The first-order valence-electron chi connectivity index (χ1n) is 6.28. The lowest BCUT2D eigenvalue weighted by atomic mass is 10.1. The number of rotatable bonds is 6. The second-order valence-electron chi connectivity index (χ2n) is 4.47. The molecule has 1 atom stereocenters. The van der Waals surface area contributed by atoms with Gasteiger partial charge in [0, 0.05) is 38.4 Å². The molecule has 1 unspecified atom stereocenters. The van der Waals surface area contributed by atoms with Crippen LogP contribution in [0, 0.1) is 5.82 Å². The molecule has 1 heterocycles. The molecule has 5 heteroatoms. The molecular formula is C14H18FN3O. The van der Waals surface area contributed by atoms with E-state index in [2.05, 4.69) is 10.4 Å². The topological polar surface area (TPSA) is 50.1 Å². The summed E-state index contributed by atoms with van der Waals surface area (Å²) in [5, 5.41) is 17.2. The third-order valence-corrected chi connectivity index (χ3v) is 3.05. The molecule has 0 radical (unpaired) electrons. The fraction of sp³-hybridized carbons (Fsp3) is 0.357. The van der Waals surface area contributed by atoms with E-state index < -0.39 is 6.10 Å². The van der Waals surface area contributed by atoms with Gasteiger partial charge in [-0.05, 0) is 23.8 Å². The Morgan fingerprint density at radius 3 is 2.95 bits per heavy atom. The van der Waals surface area contributed by atoms with E-state index in [-0.39, 0.29) is 5.82 Å². The lowest BCUT2D eigenvalue weighted by Crippen LogP contribution is -2.24. The molecule has 0 fully saturated rings. The Morgan fingerprint density at radius 1 is 1.42 bits per heavy atom. The summed E-state index contributed by atoms with van der Waals surface area (Å²) in [6, 6.07) is 8.00. The predicted molar refractivity (Wildman–Crippen MR) is 71.1 cm³/mol. The fourth-order valence-corrected chi connectivity index (χ4v) is 1.93. The van der Waals surface area contributed by atoms with Crippen molar-refractivity contribution >= 4 is 0 Å². The van der Waals surface area contributed by atoms with Crippen LogP contribution < -0.4 is 5.32 Å². The molecule has 1 aromatic heterocycles. The van der Waals surface area contributed by atoms with Crippen molar-refractivity contribution in [2.75, 3.05) is 13.1 Å². The second-order valence-corrected chi connectivity index (χ2v) is 4.47. The Hall–Kier alpha value is -1.72. The maximum absolute atomic E-state index is 13.0. The Morgan fingerprint density at radius 2 is 2.26 bits per heavy atom. The standard InChI is InChI=1S/C14H18FN3O/c1-18-13(6-8-17-18)5-7-16-10-14(19)11-3-2-4-12(15)9-11/h2-4,6,8-9,14,16,19H,5,7,10H2,1H3. The molecule has 0 aliphatic rings. The van der Waals surface area contributed by atoms with Crippen LogP contribution in [0.15, 0.2) is 36.5 Å². The highest BCUT2D eigenvalue weighted by Gasteiger charge is 2.07.